The van der Waals surface area contributed by atoms with Crippen LogP contribution < -0.4 is 10.6 Å². The molecular formula is C22H21N3O3. The maximum atomic E-state index is 12.1. The van der Waals surface area contributed by atoms with E-state index in [9.17, 15) is 14.9 Å². The van der Waals surface area contributed by atoms with Crippen molar-refractivity contribution in [3.63, 3.8) is 0 Å². The minimum Gasteiger partial charge on any atom is -0.383 e. The molecule has 1 amide bonds. The van der Waals surface area contributed by atoms with E-state index in [1.807, 2.05) is 42.5 Å². The Morgan fingerprint density at radius 2 is 1.46 bits per heavy atom. The first-order valence-electron chi connectivity index (χ1n) is 9.01. The van der Waals surface area contributed by atoms with E-state index in [4.69, 9.17) is 0 Å². The van der Waals surface area contributed by atoms with Crippen molar-refractivity contribution < 1.29 is 9.72 Å². The number of carbonyl (C=O) groups excluding carboxylic acids is 1. The van der Waals surface area contributed by atoms with E-state index in [-0.39, 0.29) is 11.6 Å². The molecule has 0 fully saturated rings. The Kier molecular flexibility index (Phi) is 6.36. The molecule has 6 heteroatoms. The third kappa shape index (κ3) is 5.41. The summed E-state index contributed by atoms with van der Waals surface area (Å²) >= 11 is 0. The highest BCUT2D eigenvalue weighted by Gasteiger charge is 2.05. The Morgan fingerprint density at radius 3 is 2.11 bits per heavy atom. The number of benzene rings is 3. The maximum Gasteiger partial charge on any atom is 0.269 e. The topological polar surface area (TPSA) is 84.3 Å². The predicted molar refractivity (Wildman–Crippen MR) is 110 cm³/mol. The Morgan fingerprint density at radius 1 is 0.821 bits per heavy atom. The molecule has 142 valence electrons. The summed E-state index contributed by atoms with van der Waals surface area (Å²) in [4.78, 5) is 22.3. The Labute approximate surface area is 163 Å². The molecule has 0 aliphatic carbocycles. The molecule has 0 aliphatic heterocycles. The maximum absolute atomic E-state index is 12.1. The van der Waals surface area contributed by atoms with Crippen molar-refractivity contribution in [1.82, 2.24) is 5.32 Å². The number of hydrogen-bond acceptors (Lipinski definition) is 4. The molecule has 0 atom stereocenters. The largest absolute Gasteiger partial charge is 0.383 e. The number of amides is 1. The van der Waals surface area contributed by atoms with Gasteiger partial charge in [-0.1, -0.05) is 54.6 Å². The highest BCUT2D eigenvalue weighted by Crippen LogP contribution is 2.19. The van der Waals surface area contributed by atoms with Crippen LogP contribution in [0.4, 0.5) is 11.4 Å². The summed E-state index contributed by atoms with van der Waals surface area (Å²) in [5.74, 6) is -0.0436. The molecule has 0 unspecified atom stereocenters. The zero-order chi connectivity index (χ0) is 19.8. The SMILES string of the molecule is O=C(Cc1ccc(-c2ccccc2)cc1)NCCNc1ccc([N+](=O)[O-])cc1. The van der Waals surface area contributed by atoms with E-state index in [2.05, 4.69) is 22.8 Å². The van der Waals surface area contributed by atoms with Crippen LogP contribution >= 0.6 is 0 Å². The molecule has 0 bridgehead atoms. The second-order valence-electron chi connectivity index (χ2n) is 6.32. The van der Waals surface area contributed by atoms with Gasteiger partial charge in [0.15, 0.2) is 0 Å². The van der Waals surface area contributed by atoms with Crippen LogP contribution in [-0.4, -0.2) is 23.9 Å². The van der Waals surface area contributed by atoms with Crippen molar-refractivity contribution in [2.45, 2.75) is 6.42 Å². The number of nitrogens with zero attached hydrogens (tertiary/aromatic N) is 1. The van der Waals surface area contributed by atoms with Gasteiger partial charge >= 0.3 is 0 Å². The van der Waals surface area contributed by atoms with E-state index in [0.29, 0.717) is 19.5 Å². The summed E-state index contributed by atoms with van der Waals surface area (Å²) in [5, 5.41) is 16.6. The van der Waals surface area contributed by atoms with Gasteiger partial charge in [-0.15, -0.1) is 0 Å². The van der Waals surface area contributed by atoms with Gasteiger partial charge in [0.25, 0.3) is 5.69 Å². The first kappa shape index (κ1) is 19.1. The monoisotopic (exact) mass is 375 g/mol. The van der Waals surface area contributed by atoms with Gasteiger partial charge in [0.2, 0.25) is 5.91 Å². The number of non-ortho nitro benzene ring substituents is 1. The Bertz CT molecular complexity index is 924. The number of nitro groups is 1. The molecule has 0 saturated carbocycles. The number of hydrogen-bond donors (Lipinski definition) is 2. The second-order valence-corrected chi connectivity index (χ2v) is 6.32. The fourth-order valence-electron chi connectivity index (χ4n) is 2.80. The van der Waals surface area contributed by atoms with Gasteiger partial charge in [-0.05, 0) is 28.8 Å². The Hall–Kier alpha value is -3.67. The second kappa shape index (κ2) is 9.32. The molecular weight excluding hydrogens is 354 g/mol. The van der Waals surface area contributed by atoms with Crippen molar-refractivity contribution in [2.24, 2.45) is 0 Å². The van der Waals surface area contributed by atoms with E-state index < -0.39 is 4.92 Å². The normalized spacial score (nSPS) is 10.3. The first-order valence-corrected chi connectivity index (χ1v) is 9.01. The van der Waals surface area contributed by atoms with Gasteiger partial charge in [0, 0.05) is 30.9 Å². The van der Waals surface area contributed by atoms with Crippen molar-refractivity contribution >= 4 is 17.3 Å². The molecule has 3 rings (SSSR count). The first-order chi connectivity index (χ1) is 13.6. The average molecular weight is 375 g/mol. The van der Waals surface area contributed by atoms with Crippen LogP contribution in [0.5, 0.6) is 0 Å². The third-order valence-electron chi connectivity index (χ3n) is 4.28. The fraction of sp³-hybridized carbons (Fsp3) is 0.136. The van der Waals surface area contributed by atoms with Crippen LogP contribution in [0.15, 0.2) is 78.9 Å². The van der Waals surface area contributed by atoms with Crippen molar-refractivity contribution in [2.75, 3.05) is 18.4 Å². The molecule has 0 aliphatic rings. The summed E-state index contributed by atoms with van der Waals surface area (Å²) in [6.45, 7) is 1.01. The minimum atomic E-state index is -0.434. The highest BCUT2D eigenvalue weighted by atomic mass is 16.6. The molecule has 2 N–H and O–H groups in total. The molecule has 3 aromatic carbocycles. The number of nitro benzene ring substituents is 1. The number of anilines is 1. The fourth-order valence-corrected chi connectivity index (χ4v) is 2.80. The van der Waals surface area contributed by atoms with E-state index in [0.717, 1.165) is 22.4 Å². The zero-order valence-electron chi connectivity index (χ0n) is 15.3. The molecule has 0 spiro atoms. The standard InChI is InChI=1S/C22H21N3O3/c26-22(24-15-14-23-20-10-12-21(13-11-20)25(27)28)16-17-6-8-19(9-7-17)18-4-2-1-3-5-18/h1-13,23H,14-16H2,(H,24,26). The van der Waals surface area contributed by atoms with E-state index in [1.165, 1.54) is 12.1 Å². The minimum absolute atomic E-state index is 0.0436. The van der Waals surface area contributed by atoms with Crippen molar-refractivity contribution in [3.05, 3.63) is 94.5 Å². The molecule has 3 aromatic rings. The molecule has 0 aromatic heterocycles. The molecule has 6 nitrogen and oxygen atoms in total. The number of rotatable bonds is 8. The quantitative estimate of drug-likeness (QED) is 0.354. The molecule has 0 saturated heterocycles. The van der Waals surface area contributed by atoms with Crippen molar-refractivity contribution in [3.8, 4) is 11.1 Å². The summed E-state index contributed by atoms with van der Waals surface area (Å²) in [6.07, 6.45) is 0.326. The molecule has 28 heavy (non-hydrogen) atoms. The van der Waals surface area contributed by atoms with E-state index >= 15 is 0 Å². The zero-order valence-corrected chi connectivity index (χ0v) is 15.3. The van der Waals surface area contributed by atoms with Gasteiger partial charge in [-0.3, -0.25) is 14.9 Å². The number of carbonyl (C=O) groups is 1. The van der Waals surface area contributed by atoms with E-state index in [1.54, 1.807) is 12.1 Å². The van der Waals surface area contributed by atoms with Gasteiger partial charge in [0.05, 0.1) is 11.3 Å². The van der Waals surface area contributed by atoms with Crippen LogP contribution in [0, 0.1) is 10.1 Å². The number of nitrogens with one attached hydrogen (secondary N) is 2. The summed E-state index contributed by atoms with van der Waals surface area (Å²) in [6, 6.07) is 24.3. The van der Waals surface area contributed by atoms with Gasteiger partial charge < -0.3 is 10.6 Å². The summed E-state index contributed by atoms with van der Waals surface area (Å²) in [7, 11) is 0. The smallest absolute Gasteiger partial charge is 0.269 e. The van der Waals surface area contributed by atoms with Gasteiger partial charge in [0.1, 0.15) is 0 Å². The van der Waals surface area contributed by atoms with Crippen LogP contribution in [0.25, 0.3) is 11.1 Å². The Balaban J connectivity index is 1.41. The van der Waals surface area contributed by atoms with Crippen LogP contribution in [-0.2, 0) is 11.2 Å². The van der Waals surface area contributed by atoms with Crippen LogP contribution in [0.3, 0.4) is 0 Å². The lowest BCUT2D eigenvalue weighted by Gasteiger charge is -2.08. The van der Waals surface area contributed by atoms with Crippen LogP contribution in [0.2, 0.25) is 0 Å². The van der Waals surface area contributed by atoms with Crippen molar-refractivity contribution in [1.29, 1.82) is 0 Å². The van der Waals surface area contributed by atoms with Crippen LogP contribution in [0.1, 0.15) is 5.56 Å². The predicted octanol–water partition coefficient (Wildman–Crippen LogP) is 4.03. The van der Waals surface area contributed by atoms with Gasteiger partial charge in [-0.2, -0.15) is 0 Å². The lowest BCUT2D eigenvalue weighted by atomic mass is 10.0. The average Bonchev–Trinajstić information content (AvgIpc) is 2.73. The summed E-state index contributed by atoms with van der Waals surface area (Å²) in [5.41, 5.74) is 4.06. The molecule has 0 heterocycles. The summed E-state index contributed by atoms with van der Waals surface area (Å²) < 4.78 is 0. The lowest BCUT2D eigenvalue weighted by Crippen LogP contribution is -2.29. The molecule has 0 radical (unpaired) electrons. The van der Waals surface area contributed by atoms with Gasteiger partial charge in [-0.25, -0.2) is 0 Å². The lowest BCUT2D eigenvalue weighted by molar-refractivity contribution is -0.384. The third-order valence-corrected chi connectivity index (χ3v) is 4.28. The highest BCUT2D eigenvalue weighted by molar-refractivity contribution is 5.79.